The Balaban J connectivity index is 1.69. The lowest BCUT2D eigenvalue weighted by Gasteiger charge is -2.23. The molecule has 1 aromatic carbocycles. The Hall–Kier alpha value is -1.20. The van der Waals surface area contributed by atoms with Gasteiger partial charge in [-0.15, -0.1) is 0 Å². The van der Waals surface area contributed by atoms with Crippen molar-refractivity contribution in [3.8, 4) is 0 Å². The number of nitrogens with one attached hydrogen (secondary N) is 2. The van der Waals surface area contributed by atoms with E-state index in [1.54, 1.807) is 12.1 Å². The van der Waals surface area contributed by atoms with E-state index in [0.717, 1.165) is 18.7 Å². The van der Waals surface area contributed by atoms with E-state index in [9.17, 15) is 4.39 Å². The van der Waals surface area contributed by atoms with E-state index in [1.807, 2.05) is 0 Å². The minimum atomic E-state index is -0.213. The van der Waals surface area contributed by atoms with Crippen molar-refractivity contribution in [2.24, 2.45) is 0 Å². The maximum absolute atomic E-state index is 12.8. The molecule has 1 saturated heterocycles. The molecule has 2 rings (SSSR count). The summed E-state index contributed by atoms with van der Waals surface area (Å²) in [4.78, 5) is 2.48. The second-order valence-electron chi connectivity index (χ2n) is 5.11. The van der Waals surface area contributed by atoms with E-state index >= 15 is 0 Å². The molecule has 0 bridgehead atoms. The molecule has 110 valence electrons. The molecule has 1 aromatic rings. The summed E-state index contributed by atoms with van der Waals surface area (Å²) in [5.41, 5.74) is 1.02. The fourth-order valence-electron chi connectivity index (χ4n) is 2.60. The van der Waals surface area contributed by atoms with Crippen molar-refractivity contribution in [3.05, 3.63) is 35.6 Å². The van der Waals surface area contributed by atoms with Crippen molar-refractivity contribution in [2.75, 3.05) is 19.6 Å². The average molecular weight is 295 g/mol. The van der Waals surface area contributed by atoms with Crippen molar-refractivity contribution < 1.29 is 4.39 Å². The number of likely N-dealkylation sites (N-methyl/N-ethyl adjacent to an activating group) is 1. The minimum Gasteiger partial charge on any atom is -0.361 e. The minimum absolute atomic E-state index is 0.213. The summed E-state index contributed by atoms with van der Waals surface area (Å²) in [5, 5.41) is 7.09. The SMILES string of the molecule is CCN1CCC[C@@H]1CNC(=S)NCc1ccc(F)cc1. The van der Waals surface area contributed by atoms with Gasteiger partial charge in [0.1, 0.15) is 5.82 Å². The zero-order valence-electron chi connectivity index (χ0n) is 11.9. The summed E-state index contributed by atoms with van der Waals surface area (Å²) in [7, 11) is 0. The highest BCUT2D eigenvalue weighted by Crippen LogP contribution is 2.15. The molecule has 1 atom stereocenters. The Morgan fingerprint density at radius 3 is 2.80 bits per heavy atom. The van der Waals surface area contributed by atoms with Gasteiger partial charge < -0.3 is 10.6 Å². The quantitative estimate of drug-likeness (QED) is 0.815. The van der Waals surface area contributed by atoms with Gasteiger partial charge in [0, 0.05) is 19.1 Å². The first-order valence-electron chi connectivity index (χ1n) is 7.19. The van der Waals surface area contributed by atoms with Crippen LogP contribution in [-0.4, -0.2) is 35.7 Å². The Labute approximate surface area is 125 Å². The third kappa shape index (κ3) is 4.42. The number of hydrogen-bond acceptors (Lipinski definition) is 2. The predicted molar refractivity (Wildman–Crippen MR) is 84.1 cm³/mol. The summed E-state index contributed by atoms with van der Waals surface area (Å²) in [5.74, 6) is -0.213. The molecule has 0 spiro atoms. The molecule has 20 heavy (non-hydrogen) atoms. The molecular formula is C15H22FN3S. The Bertz CT molecular complexity index is 435. The highest BCUT2D eigenvalue weighted by molar-refractivity contribution is 7.80. The van der Waals surface area contributed by atoms with Crippen LogP contribution < -0.4 is 10.6 Å². The van der Waals surface area contributed by atoms with Crippen molar-refractivity contribution in [3.63, 3.8) is 0 Å². The van der Waals surface area contributed by atoms with Crippen LogP contribution in [0.1, 0.15) is 25.3 Å². The van der Waals surface area contributed by atoms with Crippen molar-refractivity contribution in [1.82, 2.24) is 15.5 Å². The number of likely N-dealkylation sites (tertiary alicyclic amines) is 1. The summed E-state index contributed by atoms with van der Waals surface area (Å²) in [6.45, 7) is 6.00. The second-order valence-corrected chi connectivity index (χ2v) is 5.52. The lowest BCUT2D eigenvalue weighted by Crippen LogP contribution is -2.43. The van der Waals surface area contributed by atoms with Crippen LogP contribution in [-0.2, 0) is 6.54 Å². The predicted octanol–water partition coefficient (Wildman–Crippen LogP) is 2.27. The highest BCUT2D eigenvalue weighted by Gasteiger charge is 2.22. The number of hydrogen-bond donors (Lipinski definition) is 2. The molecule has 1 aliphatic heterocycles. The van der Waals surface area contributed by atoms with E-state index in [0.29, 0.717) is 17.7 Å². The first-order chi connectivity index (χ1) is 9.69. The van der Waals surface area contributed by atoms with Crippen molar-refractivity contribution in [1.29, 1.82) is 0 Å². The van der Waals surface area contributed by atoms with Crippen LogP contribution >= 0.6 is 12.2 Å². The molecule has 0 amide bonds. The smallest absolute Gasteiger partial charge is 0.166 e. The molecule has 0 saturated carbocycles. The Morgan fingerprint density at radius 2 is 2.10 bits per heavy atom. The average Bonchev–Trinajstić information content (AvgIpc) is 2.92. The lowest BCUT2D eigenvalue weighted by molar-refractivity contribution is 0.267. The van der Waals surface area contributed by atoms with Crippen LogP contribution in [0.2, 0.25) is 0 Å². The normalized spacial score (nSPS) is 19.0. The first kappa shape index (κ1) is 15.2. The summed E-state index contributed by atoms with van der Waals surface area (Å²) in [6, 6.07) is 7.04. The summed E-state index contributed by atoms with van der Waals surface area (Å²) in [6.07, 6.45) is 2.51. The number of nitrogens with zero attached hydrogens (tertiary/aromatic N) is 1. The molecule has 1 aliphatic rings. The van der Waals surface area contributed by atoms with Gasteiger partial charge in [0.2, 0.25) is 0 Å². The molecule has 0 radical (unpaired) electrons. The van der Waals surface area contributed by atoms with Crippen LogP contribution in [0.25, 0.3) is 0 Å². The number of benzene rings is 1. The number of rotatable bonds is 5. The third-order valence-electron chi connectivity index (χ3n) is 3.77. The van der Waals surface area contributed by atoms with Crippen LogP contribution in [0.15, 0.2) is 24.3 Å². The van der Waals surface area contributed by atoms with E-state index in [4.69, 9.17) is 12.2 Å². The van der Waals surface area contributed by atoms with Crippen molar-refractivity contribution in [2.45, 2.75) is 32.4 Å². The van der Waals surface area contributed by atoms with E-state index in [-0.39, 0.29) is 5.82 Å². The first-order valence-corrected chi connectivity index (χ1v) is 7.60. The highest BCUT2D eigenvalue weighted by atomic mass is 32.1. The van der Waals surface area contributed by atoms with Gasteiger partial charge in [-0.2, -0.15) is 0 Å². The van der Waals surface area contributed by atoms with Crippen LogP contribution in [0, 0.1) is 5.82 Å². The summed E-state index contributed by atoms with van der Waals surface area (Å²) >= 11 is 5.27. The standard InChI is InChI=1S/C15H22FN3S/c1-2-19-9-3-4-14(19)11-18-15(20)17-10-12-5-7-13(16)8-6-12/h5-8,14H,2-4,9-11H2,1H3,(H2,17,18,20)/t14-/m1/s1. The van der Waals surface area contributed by atoms with Gasteiger partial charge in [-0.05, 0) is 55.8 Å². The zero-order chi connectivity index (χ0) is 14.4. The van der Waals surface area contributed by atoms with E-state index < -0.39 is 0 Å². The molecule has 1 fully saturated rings. The molecule has 0 unspecified atom stereocenters. The van der Waals surface area contributed by atoms with Gasteiger partial charge in [-0.1, -0.05) is 19.1 Å². The number of halogens is 1. The van der Waals surface area contributed by atoms with Crippen LogP contribution in [0.3, 0.4) is 0 Å². The van der Waals surface area contributed by atoms with Gasteiger partial charge in [-0.3, -0.25) is 4.90 Å². The van der Waals surface area contributed by atoms with Gasteiger partial charge in [0.15, 0.2) is 5.11 Å². The fourth-order valence-corrected chi connectivity index (χ4v) is 2.76. The van der Waals surface area contributed by atoms with E-state index in [1.165, 1.54) is 31.5 Å². The van der Waals surface area contributed by atoms with Gasteiger partial charge in [-0.25, -0.2) is 4.39 Å². The monoisotopic (exact) mass is 295 g/mol. The van der Waals surface area contributed by atoms with Crippen LogP contribution in [0.5, 0.6) is 0 Å². The number of thiocarbonyl (C=S) groups is 1. The maximum Gasteiger partial charge on any atom is 0.166 e. The second kappa shape index (κ2) is 7.55. The van der Waals surface area contributed by atoms with Crippen molar-refractivity contribution >= 4 is 17.3 Å². The fraction of sp³-hybridized carbons (Fsp3) is 0.533. The van der Waals surface area contributed by atoms with Crippen LogP contribution in [0.4, 0.5) is 4.39 Å². The van der Waals surface area contributed by atoms with Gasteiger partial charge in [0.05, 0.1) is 0 Å². The summed E-state index contributed by atoms with van der Waals surface area (Å²) < 4.78 is 12.8. The molecule has 0 aliphatic carbocycles. The van der Waals surface area contributed by atoms with E-state index in [2.05, 4.69) is 22.5 Å². The topological polar surface area (TPSA) is 27.3 Å². The Morgan fingerprint density at radius 1 is 1.35 bits per heavy atom. The molecule has 0 aromatic heterocycles. The largest absolute Gasteiger partial charge is 0.361 e. The van der Waals surface area contributed by atoms with Gasteiger partial charge >= 0.3 is 0 Å². The molecule has 5 heteroatoms. The third-order valence-corrected chi connectivity index (χ3v) is 4.06. The molecule has 1 heterocycles. The lowest BCUT2D eigenvalue weighted by atomic mass is 10.2. The molecular weight excluding hydrogens is 273 g/mol. The molecule has 3 nitrogen and oxygen atoms in total. The molecule has 2 N–H and O–H groups in total. The van der Waals surface area contributed by atoms with Gasteiger partial charge in [0.25, 0.3) is 0 Å². The maximum atomic E-state index is 12.8. The zero-order valence-corrected chi connectivity index (χ0v) is 12.7. The Kier molecular flexibility index (Phi) is 5.73.